The van der Waals surface area contributed by atoms with Gasteiger partial charge in [-0.1, -0.05) is 61.4 Å². The predicted molar refractivity (Wildman–Crippen MR) is 121 cm³/mol. The topological polar surface area (TPSA) is 73.5 Å². The van der Waals surface area contributed by atoms with Gasteiger partial charge < -0.3 is 20.9 Å². The van der Waals surface area contributed by atoms with Gasteiger partial charge in [-0.15, -0.1) is 0 Å². The Bertz CT molecular complexity index is 723. The Kier molecular flexibility index (Phi) is 8.94. The highest BCUT2D eigenvalue weighted by Crippen LogP contribution is 2.22. The number of benzene rings is 1. The van der Waals surface area contributed by atoms with Crippen molar-refractivity contribution >= 4 is 35.3 Å². The zero-order valence-electron chi connectivity index (χ0n) is 17.4. The molecular weight excluding hydrogens is 423 g/mol. The Morgan fingerprint density at radius 2 is 1.70 bits per heavy atom. The maximum absolute atomic E-state index is 12.7. The van der Waals surface area contributed by atoms with Crippen LogP contribution in [-0.4, -0.2) is 42.1 Å². The molecule has 0 bridgehead atoms. The van der Waals surface area contributed by atoms with E-state index >= 15 is 0 Å². The molecule has 1 unspecified atom stereocenters. The molecule has 4 amide bonds. The van der Waals surface area contributed by atoms with Crippen LogP contribution in [0.2, 0.25) is 10.0 Å². The summed E-state index contributed by atoms with van der Waals surface area (Å²) >= 11 is 12.1. The highest BCUT2D eigenvalue weighted by molar-refractivity contribution is 6.35. The first kappa shape index (κ1) is 23.0. The van der Waals surface area contributed by atoms with Crippen molar-refractivity contribution in [1.82, 2.24) is 20.9 Å². The van der Waals surface area contributed by atoms with Gasteiger partial charge in [0.25, 0.3) is 0 Å². The molecule has 1 heterocycles. The molecule has 6 nitrogen and oxygen atoms in total. The number of amides is 4. The van der Waals surface area contributed by atoms with Crippen LogP contribution in [0.3, 0.4) is 0 Å². The highest BCUT2D eigenvalue weighted by atomic mass is 35.5. The first-order valence-electron chi connectivity index (χ1n) is 11.1. The number of hydrogen-bond donors (Lipinski definition) is 3. The summed E-state index contributed by atoms with van der Waals surface area (Å²) in [5.41, 5.74) is 0.821. The van der Waals surface area contributed by atoms with Crippen LogP contribution in [0.1, 0.15) is 63.4 Å². The number of carbonyl (C=O) groups is 2. The molecule has 0 radical (unpaired) electrons. The number of halogens is 2. The summed E-state index contributed by atoms with van der Waals surface area (Å²) in [4.78, 5) is 26.8. The number of carbonyl (C=O) groups excluding carboxylic acids is 2. The second-order valence-electron chi connectivity index (χ2n) is 8.28. The van der Waals surface area contributed by atoms with E-state index in [0.29, 0.717) is 29.7 Å². The van der Waals surface area contributed by atoms with Crippen molar-refractivity contribution in [1.29, 1.82) is 0 Å². The summed E-state index contributed by atoms with van der Waals surface area (Å²) < 4.78 is 0. The monoisotopic (exact) mass is 454 g/mol. The van der Waals surface area contributed by atoms with Gasteiger partial charge in [-0.05, 0) is 43.4 Å². The molecule has 0 aromatic heterocycles. The van der Waals surface area contributed by atoms with E-state index in [1.54, 1.807) is 17.0 Å². The lowest BCUT2D eigenvalue weighted by Gasteiger charge is -2.26. The Hall–Kier alpha value is -1.66. The zero-order chi connectivity index (χ0) is 21.3. The van der Waals surface area contributed by atoms with Crippen molar-refractivity contribution in [2.24, 2.45) is 0 Å². The lowest BCUT2D eigenvalue weighted by Crippen LogP contribution is -2.50. The smallest absolute Gasteiger partial charge is 0.317 e. The Balaban J connectivity index is 1.43. The van der Waals surface area contributed by atoms with Crippen molar-refractivity contribution in [2.45, 2.75) is 76.4 Å². The van der Waals surface area contributed by atoms with E-state index in [1.165, 1.54) is 32.1 Å². The number of nitrogens with zero attached hydrogens (tertiary/aromatic N) is 1. The van der Waals surface area contributed by atoms with Crippen molar-refractivity contribution in [3.63, 3.8) is 0 Å². The van der Waals surface area contributed by atoms with Gasteiger partial charge in [-0.3, -0.25) is 0 Å². The fourth-order valence-electron chi connectivity index (χ4n) is 4.30. The first-order chi connectivity index (χ1) is 14.5. The molecule has 2 fully saturated rings. The maximum atomic E-state index is 12.7. The fraction of sp³-hybridized carbons (Fsp3) is 0.636. The van der Waals surface area contributed by atoms with Crippen LogP contribution >= 0.6 is 23.2 Å². The van der Waals surface area contributed by atoms with Gasteiger partial charge in [0, 0.05) is 35.7 Å². The molecule has 30 heavy (non-hydrogen) atoms. The summed E-state index contributed by atoms with van der Waals surface area (Å²) in [5.74, 6) is 0. The predicted octanol–water partition coefficient (Wildman–Crippen LogP) is 5.08. The van der Waals surface area contributed by atoms with Crippen LogP contribution < -0.4 is 16.0 Å². The largest absolute Gasteiger partial charge is 0.336 e. The lowest BCUT2D eigenvalue weighted by atomic mass is 9.97. The molecule has 1 saturated heterocycles. The van der Waals surface area contributed by atoms with E-state index in [4.69, 9.17) is 23.2 Å². The molecule has 3 rings (SSSR count). The second-order valence-corrected chi connectivity index (χ2v) is 9.12. The molecule has 0 spiro atoms. The summed E-state index contributed by atoms with van der Waals surface area (Å²) in [6, 6.07) is 5.25. The third-order valence-electron chi connectivity index (χ3n) is 6.02. The van der Waals surface area contributed by atoms with Gasteiger partial charge >= 0.3 is 12.1 Å². The molecule has 1 aliphatic heterocycles. The van der Waals surface area contributed by atoms with Crippen LogP contribution in [-0.2, 0) is 6.54 Å². The molecule has 1 aromatic rings. The second kappa shape index (κ2) is 11.7. The third-order valence-corrected chi connectivity index (χ3v) is 6.61. The molecule has 1 saturated carbocycles. The minimum Gasteiger partial charge on any atom is -0.336 e. The fourth-order valence-corrected chi connectivity index (χ4v) is 4.78. The van der Waals surface area contributed by atoms with E-state index in [-0.39, 0.29) is 24.1 Å². The van der Waals surface area contributed by atoms with Gasteiger partial charge in [0.05, 0.1) is 6.04 Å². The third kappa shape index (κ3) is 6.95. The van der Waals surface area contributed by atoms with E-state index in [2.05, 4.69) is 16.0 Å². The minimum atomic E-state index is -0.134. The lowest BCUT2D eigenvalue weighted by molar-refractivity contribution is 0.189. The van der Waals surface area contributed by atoms with Crippen molar-refractivity contribution in [3.8, 4) is 0 Å². The van der Waals surface area contributed by atoms with Gasteiger partial charge in [-0.2, -0.15) is 0 Å². The highest BCUT2D eigenvalue weighted by Gasteiger charge is 2.29. The minimum absolute atomic E-state index is 0.00812. The Labute approximate surface area is 189 Å². The van der Waals surface area contributed by atoms with Gasteiger partial charge in [0.1, 0.15) is 0 Å². The van der Waals surface area contributed by atoms with Gasteiger partial charge in [0.15, 0.2) is 0 Å². The van der Waals surface area contributed by atoms with Crippen LogP contribution in [0.4, 0.5) is 9.59 Å². The Morgan fingerprint density at radius 1 is 0.967 bits per heavy atom. The summed E-state index contributed by atoms with van der Waals surface area (Å²) in [5, 5.41) is 10.1. The molecule has 1 atom stereocenters. The van der Waals surface area contributed by atoms with Crippen LogP contribution in [0.15, 0.2) is 18.2 Å². The maximum Gasteiger partial charge on any atom is 0.317 e. The molecular formula is C22H32Cl2N4O2. The summed E-state index contributed by atoms with van der Waals surface area (Å²) in [6.07, 6.45) is 10.1. The van der Waals surface area contributed by atoms with E-state index < -0.39 is 0 Å². The van der Waals surface area contributed by atoms with Gasteiger partial charge in [0.2, 0.25) is 0 Å². The van der Waals surface area contributed by atoms with E-state index in [1.807, 2.05) is 6.07 Å². The standard InChI is InChI=1S/C22H32Cl2N4O2/c23-17-11-10-16(20(24)13-17)14-26-22(30)28-12-6-9-19(28)15-25-21(29)27-18-7-4-2-1-3-5-8-18/h10-11,13,18-19H,1-9,12,14-15H2,(H,26,30)(H2,25,27,29). The number of hydrogen-bond acceptors (Lipinski definition) is 2. The molecule has 3 N–H and O–H groups in total. The molecule has 2 aliphatic rings. The first-order valence-corrected chi connectivity index (χ1v) is 11.8. The number of nitrogens with one attached hydrogen (secondary N) is 3. The number of urea groups is 2. The van der Waals surface area contributed by atoms with Crippen LogP contribution in [0, 0.1) is 0 Å². The van der Waals surface area contributed by atoms with Crippen LogP contribution in [0.5, 0.6) is 0 Å². The SMILES string of the molecule is O=C(NCC1CCCN1C(=O)NCc1ccc(Cl)cc1Cl)NC1CCCCCCC1. The van der Waals surface area contributed by atoms with Crippen molar-refractivity contribution < 1.29 is 9.59 Å². The van der Waals surface area contributed by atoms with E-state index in [0.717, 1.165) is 31.2 Å². The summed E-state index contributed by atoms with van der Waals surface area (Å²) in [6.45, 7) is 1.50. The molecule has 1 aromatic carbocycles. The molecule has 8 heteroatoms. The molecule has 1 aliphatic carbocycles. The average Bonchev–Trinajstić information content (AvgIpc) is 3.16. The number of rotatable bonds is 5. The zero-order valence-corrected chi connectivity index (χ0v) is 18.9. The Morgan fingerprint density at radius 3 is 2.43 bits per heavy atom. The van der Waals surface area contributed by atoms with Gasteiger partial charge in [-0.25, -0.2) is 9.59 Å². The quantitative estimate of drug-likeness (QED) is 0.580. The number of likely N-dealkylation sites (tertiary alicyclic amines) is 1. The van der Waals surface area contributed by atoms with Crippen LogP contribution in [0.25, 0.3) is 0 Å². The van der Waals surface area contributed by atoms with Crippen molar-refractivity contribution in [2.75, 3.05) is 13.1 Å². The molecule has 166 valence electrons. The normalized spacial score (nSPS) is 20.3. The summed E-state index contributed by atoms with van der Waals surface area (Å²) in [7, 11) is 0. The van der Waals surface area contributed by atoms with Crippen molar-refractivity contribution in [3.05, 3.63) is 33.8 Å². The average molecular weight is 455 g/mol. The van der Waals surface area contributed by atoms with E-state index in [9.17, 15) is 9.59 Å².